The molecule has 1 heterocycles. The molecule has 1 saturated heterocycles. The normalized spacial score (nSPS) is 14.6. The van der Waals surface area contributed by atoms with Gasteiger partial charge in [0.25, 0.3) is 0 Å². The van der Waals surface area contributed by atoms with E-state index in [4.69, 9.17) is 23.2 Å². The Morgan fingerprint density at radius 2 is 1.55 bits per heavy atom. The van der Waals surface area contributed by atoms with Crippen LogP contribution in [0.5, 0.6) is 0 Å². The molecule has 1 aliphatic rings. The van der Waals surface area contributed by atoms with Crippen LogP contribution in [0.25, 0.3) is 0 Å². The lowest BCUT2D eigenvalue weighted by molar-refractivity contribution is -0.140. The third-order valence-corrected chi connectivity index (χ3v) is 9.63. The van der Waals surface area contributed by atoms with E-state index in [2.05, 4.69) is 5.32 Å². The number of carbonyl (C=O) groups is 2. The fraction of sp³-hybridized carbons (Fsp3) is 0.333. The van der Waals surface area contributed by atoms with Crippen LogP contribution in [0.3, 0.4) is 0 Å². The summed E-state index contributed by atoms with van der Waals surface area (Å²) in [4.78, 5) is 28.4. The number of hydrogen-bond donors (Lipinski definition) is 1. The van der Waals surface area contributed by atoms with E-state index in [9.17, 15) is 18.0 Å². The Morgan fingerprint density at radius 3 is 2.20 bits per heavy atom. The minimum atomic E-state index is -3.49. The van der Waals surface area contributed by atoms with Crippen LogP contribution in [0, 0.1) is 0 Å². The number of carbonyl (C=O) groups excluding carboxylic acids is 2. The Balaban J connectivity index is 1.43. The number of halogens is 2. The molecule has 1 N–H and O–H groups in total. The second kappa shape index (κ2) is 13.6. The molecule has 0 saturated carbocycles. The first kappa shape index (κ1) is 30.1. The van der Waals surface area contributed by atoms with Crippen molar-refractivity contribution in [3.63, 3.8) is 0 Å². The van der Waals surface area contributed by atoms with Gasteiger partial charge in [-0.25, -0.2) is 8.42 Å². The Labute approximate surface area is 246 Å². The monoisotopic (exact) mass is 601 g/mol. The number of amides is 2. The maximum Gasteiger partial charge on any atom is 0.243 e. The van der Waals surface area contributed by atoms with Gasteiger partial charge in [-0.15, -0.1) is 0 Å². The minimum absolute atomic E-state index is 0.161. The second-order valence-corrected chi connectivity index (χ2v) is 12.7. The number of nitrogens with one attached hydrogen (secondary N) is 1. The molecule has 10 heteroatoms. The molecular formula is C30H33Cl2N3O4S. The van der Waals surface area contributed by atoms with Crippen LogP contribution in [-0.2, 0) is 39.1 Å². The van der Waals surface area contributed by atoms with Crippen molar-refractivity contribution in [2.24, 2.45) is 0 Å². The summed E-state index contributed by atoms with van der Waals surface area (Å²) in [6.07, 6.45) is 2.33. The summed E-state index contributed by atoms with van der Waals surface area (Å²) in [6, 6.07) is 20.4. The highest BCUT2D eigenvalue weighted by Crippen LogP contribution is 2.22. The lowest BCUT2D eigenvalue weighted by Crippen LogP contribution is -2.47. The van der Waals surface area contributed by atoms with Crippen LogP contribution in [0.15, 0.2) is 77.7 Å². The summed E-state index contributed by atoms with van der Waals surface area (Å²) in [5.74, 6) is -0.484. The Morgan fingerprint density at radius 1 is 0.925 bits per heavy atom. The van der Waals surface area contributed by atoms with Gasteiger partial charge in [0.2, 0.25) is 21.8 Å². The molecule has 40 heavy (non-hydrogen) atoms. The molecule has 1 atom stereocenters. The van der Waals surface area contributed by atoms with Crippen molar-refractivity contribution in [3.05, 3.63) is 99.5 Å². The predicted octanol–water partition coefficient (Wildman–Crippen LogP) is 5.44. The van der Waals surface area contributed by atoms with Crippen LogP contribution in [-0.4, -0.2) is 48.6 Å². The zero-order valence-electron chi connectivity index (χ0n) is 22.4. The SMILES string of the molecule is C[C@@H](C(=O)NCc1ccccc1Cl)N(Cc1ccc(Cl)cc1)C(=O)CCc1ccc(S(=O)(=O)N2CCCC2)cc1. The highest BCUT2D eigenvalue weighted by molar-refractivity contribution is 7.89. The van der Waals surface area contributed by atoms with Crippen LogP contribution < -0.4 is 5.32 Å². The van der Waals surface area contributed by atoms with Crippen molar-refractivity contribution in [1.29, 1.82) is 0 Å². The number of nitrogens with zero attached hydrogens (tertiary/aromatic N) is 2. The van der Waals surface area contributed by atoms with Crippen molar-refractivity contribution in [2.45, 2.75) is 56.6 Å². The topological polar surface area (TPSA) is 86.8 Å². The number of sulfonamides is 1. The van der Waals surface area contributed by atoms with E-state index in [1.54, 1.807) is 54.3 Å². The van der Waals surface area contributed by atoms with Gasteiger partial charge in [0, 0.05) is 42.6 Å². The van der Waals surface area contributed by atoms with Gasteiger partial charge in [-0.1, -0.05) is 65.7 Å². The van der Waals surface area contributed by atoms with Crippen molar-refractivity contribution >= 4 is 45.0 Å². The Hall–Kier alpha value is -2.91. The van der Waals surface area contributed by atoms with Gasteiger partial charge in [0.1, 0.15) is 6.04 Å². The molecule has 3 aromatic rings. The van der Waals surface area contributed by atoms with E-state index >= 15 is 0 Å². The van der Waals surface area contributed by atoms with Crippen LogP contribution in [0.1, 0.15) is 42.9 Å². The molecule has 0 aliphatic carbocycles. The lowest BCUT2D eigenvalue weighted by Gasteiger charge is -2.29. The smallest absolute Gasteiger partial charge is 0.243 e. The average molecular weight is 603 g/mol. The third-order valence-electron chi connectivity index (χ3n) is 7.10. The van der Waals surface area contributed by atoms with Gasteiger partial charge >= 0.3 is 0 Å². The zero-order valence-corrected chi connectivity index (χ0v) is 24.7. The minimum Gasteiger partial charge on any atom is -0.350 e. The number of benzene rings is 3. The molecule has 7 nitrogen and oxygen atoms in total. The first-order valence-electron chi connectivity index (χ1n) is 13.3. The van der Waals surface area contributed by atoms with Crippen LogP contribution in [0.4, 0.5) is 0 Å². The van der Waals surface area contributed by atoms with E-state index in [0.717, 1.165) is 29.5 Å². The fourth-order valence-electron chi connectivity index (χ4n) is 4.64. The van der Waals surface area contributed by atoms with Crippen molar-refractivity contribution < 1.29 is 18.0 Å². The van der Waals surface area contributed by atoms with Gasteiger partial charge in [-0.3, -0.25) is 9.59 Å². The molecule has 1 fully saturated rings. The largest absolute Gasteiger partial charge is 0.350 e. The summed E-state index contributed by atoms with van der Waals surface area (Å²) in [7, 11) is -3.49. The van der Waals surface area contributed by atoms with Gasteiger partial charge in [-0.05, 0) is 73.2 Å². The van der Waals surface area contributed by atoms with Crippen LogP contribution >= 0.6 is 23.2 Å². The number of aryl methyl sites for hydroxylation is 1. The van der Waals surface area contributed by atoms with Crippen molar-refractivity contribution in [3.8, 4) is 0 Å². The van der Waals surface area contributed by atoms with Crippen LogP contribution in [0.2, 0.25) is 10.0 Å². The molecule has 2 amide bonds. The van der Waals surface area contributed by atoms with Crippen molar-refractivity contribution in [1.82, 2.24) is 14.5 Å². The molecular weight excluding hydrogens is 569 g/mol. The summed E-state index contributed by atoms with van der Waals surface area (Å²) < 4.78 is 27.1. The first-order chi connectivity index (χ1) is 19.1. The molecule has 1 aliphatic heterocycles. The van der Waals surface area contributed by atoms with Gasteiger partial charge in [0.05, 0.1) is 4.90 Å². The average Bonchev–Trinajstić information content (AvgIpc) is 3.51. The molecule has 0 unspecified atom stereocenters. The van der Waals surface area contributed by atoms with E-state index in [1.807, 2.05) is 30.3 Å². The molecule has 0 bridgehead atoms. The van der Waals surface area contributed by atoms with E-state index in [-0.39, 0.29) is 36.2 Å². The van der Waals surface area contributed by atoms with Gasteiger partial charge < -0.3 is 10.2 Å². The maximum absolute atomic E-state index is 13.5. The quantitative estimate of drug-likeness (QED) is 0.317. The molecule has 3 aromatic carbocycles. The summed E-state index contributed by atoms with van der Waals surface area (Å²) in [5, 5.41) is 4.03. The van der Waals surface area contributed by atoms with Gasteiger partial charge in [-0.2, -0.15) is 4.31 Å². The number of rotatable bonds is 11. The summed E-state index contributed by atoms with van der Waals surface area (Å²) in [5.41, 5.74) is 2.48. The lowest BCUT2D eigenvalue weighted by atomic mass is 10.1. The number of hydrogen-bond acceptors (Lipinski definition) is 4. The molecule has 0 radical (unpaired) electrons. The molecule has 0 spiro atoms. The third kappa shape index (κ3) is 7.63. The van der Waals surface area contributed by atoms with E-state index in [0.29, 0.717) is 29.6 Å². The Bertz CT molecular complexity index is 1420. The zero-order chi connectivity index (χ0) is 28.7. The molecule has 0 aromatic heterocycles. The highest BCUT2D eigenvalue weighted by atomic mass is 35.5. The van der Waals surface area contributed by atoms with E-state index < -0.39 is 16.1 Å². The standard InChI is InChI=1S/C30H33Cl2N3O4S/c1-22(30(37)33-20-25-6-2-3-7-28(25)32)35(21-24-8-13-26(31)14-9-24)29(36)17-12-23-10-15-27(16-11-23)40(38,39)34-18-4-5-19-34/h2-3,6-11,13-16,22H,4-5,12,17-21H2,1H3,(H,33,37)/t22-/m0/s1. The fourth-order valence-corrected chi connectivity index (χ4v) is 6.49. The second-order valence-electron chi connectivity index (χ2n) is 9.89. The predicted molar refractivity (Wildman–Crippen MR) is 158 cm³/mol. The first-order valence-corrected chi connectivity index (χ1v) is 15.5. The summed E-state index contributed by atoms with van der Waals surface area (Å²) in [6.45, 7) is 3.29. The maximum atomic E-state index is 13.5. The highest BCUT2D eigenvalue weighted by Gasteiger charge is 2.28. The van der Waals surface area contributed by atoms with Gasteiger partial charge in [0.15, 0.2) is 0 Å². The molecule has 212 valence electrons. The van der Waals surface area contributed by atoms with Crippen molar-refractivity contribution in [2.75, 3.05) is 13.1 Å². The Kier molecular flexibility index (Phi) is 10.2. The van der Waals surface area contributed by atoms with E-state index in [1.165, 1.54) is 4.31 Å². The summed E-state index contributed by atoms with van der Waals surface area (Å²) >= 11 is 12.3. The molecule has 4 rings (SSSR count).